The van der Waals surface area contributed by atoms with E-state index in [4.69, 9.17) is 9.47 Å². The molecule has 0 amide bonds. The van der Waals surface area contributed by atoms with E-state index in [1.807, 2.05) is 23.8 Å². The monoisotopic (exact) mass is 486 g/mol. The second-order valence-electron chi connectivity index (χ2n) is 6.13. The number of hydrogen-bond acceptors (Lipinski definition) is 5. The zero-order chi connectivity index (χ0) is 18.4. The minimum absolute atomic E-state index is 0. The van der Waals surface area contributed by atoms with Crippen LogP contribution in [0.4, 0.5) is 0 Å². The summed E-state index contributed by atoms with van der Waals surface area (Å²) in [4.78, 5) is 15.4. The smallest absolute Gasteiger partial charge is 0.194 e. The van der Waals surface area contributed by atoms with Crippen LogP contribution in [0.25, 0.3) is 5.82 Å². The van der Waals surface area contributed by atoms with Gasteiger partial charge in [-0.2, -0.15) is 0 Å². The third-order valence-electron chi connectivity index (χ3n) is 4.36. The first-order valence-corrected chi connectivity index (χ1v) is 8.73. The number of nitrogens with zero attached hydrogens (tertiary/aromatic N) is 5. The van der Waals surface area contributed by atoms with E-state index in [2.05, 4.69) is 31.2 Å². The zero-order valence-corrected chi connectivity index (χ0v) is 18.3. The van der Waals surface area contributed by atoms with Crippen LogP contribution in [0.2, 0.25) is 0 Å². The molecule has 0 aromatic carbocycles. The summed E-state index contributed by atoms with van der Waals surface area (Å²) in [5.74, 6) is 2.64. The Balaban J connectivity index is 0.00000261. The van der Waals surface area contributed by atoms with Gasteiger partial charge in [0.15, 0.2) is 5.96 Å². The quantitative estimate of drug-likeness (QED) is 0.394. The van der Waals surface area contributed by atoms with Crippen molar-refractivity contribution in [2.75, 3.05) is 40.5 Å². The Labute approximate surface area is 177 Å². The van der Waals surface area contributed by atoms with E-state index in [0.717, 1.165) is 36.3 Å². The van der Waals surface area contributed by atoms with E-state index in [1.54, 1.807) is 26.6 Å². The van der Waals surface area contributed by atoms with Crippen molar-refractivity contribution in [2.45, 2.75) is 19.6 Å². The summed E-state index contributed by atoms with van der Waals surface area (Å²) in [7, 11) is 3.49. The van der Waals surface area contributed by atoms with Crippen molar-refractivity contribution in [1.82, 2.24) is 24.8 Å². The van der Waals surface area contributed by atoms with Gasteiger partial charge in [-0.15, -0.1) is 24.0 Å². The zero-order valence-electron chi connectivity index (χ0n) is 16.0. The number of guanidine groups is 1. The van der Waals surface area contributed by atoms with Crippen molar-refractivity contribution < 1.29 is 9.47 Å². The van der Waals surface area contributed by atoms with E-state index in [1.165, 1.54) is 0 Å². The summed E-state index contributed by atoms with van der Waals surface area (Å²) < 4.78 is 12.9. The molecular weight excluding hydrogens is 459 g/mol. The second kappa shape index (κ2) is 10.6. The van der Waals surface area contributed by atoms with Crippen LogP contribution in [0.5, 0.6) is 0 Å². The van der Waals surface area contributed by atoms with Gasteiger partial charge in [0.25, 0.3) is 0 Å². The number of rotatable bonds is 5. The van der Waals surface area contributed by atoms with Crippen molar-refractivity contribution in [3.63, 3.8) is 0 Å². The molecule has 9 heteroatoms. The van der Waals surface area contributed by atoms with Crippen LogP contribution in [-0.4, -0.2) is 72.0 Å². The fraction of sp³-hybridized carbons (Fsp3) is 0.500. The number of pyridine rings is 1. The van der Waals surface area contributed by atoms with Gasteiger partial charge in [0.1, 0.15) is 11.6 Å². The molecule has 0 spiro atoms. The van der Waals surface area contributed by atoms with Gasteiger partial charge in [-0.1, -0.05) is 6.07 Å². The van der Waals surface area contributed by atoms with Gasteiger partial charge in [0.2, 0.25) is 0 Å². The number of imidazole rings is 1. The number of morpholine rings is 1. The van der Waals surface area contributed by atoms with Crippen molar-refractivity contribution >= 4 is 29.9 Å². The Morgan fingerprint density at radius 2 is 2.26 bits per heavy atom. The first-order chi connectivity index (χ1) is 12.7. The molecule has 2 aromatic rings. The van der Waals surface area contributed by atoms with E-state index in [0.29, 0.717) is 19.8 Å². The Morgan fingerprint density at radius 1 is 1.41 bits per heavy atom. The highest BCUT2D eigenvalue weighted by Gasteiger charge is 2.23. The van der Waals surface area contributed by atoms with Crippen LogP contribution in [-0.2, 0) is 16.0 Å². The van der Waals surface area contributed by atoms with Gasteiger partial charge in [-0.05, 0) is 13.0 Å². The van der Waals surface area contributed by atoms with Gasteiger partial charge < -0.3 is 19.7 Å². The number of hydrogen-bond donors (Lipinski definition) is 1. The molecule has 1 aliphatic rings. The average molecular weight is 486 g/mol. The normalized spacial score (nSPS) is 17.5. The molecule has 1 atom stereocenters. The Kier molecular flexibility index (Phi) is 8.45. The summed E-state index contributed by atoms with van der Waals surface area (Å²) in [6.07, 6.45) is 5.57. The fourth-order valence-electron chi connectivity index (χ4n) is 3.09. The first-order valence-electron chi connectivity index (χ1n) is 8.73. The highest BCUT2D eigenvalue weighted by atomic mass is 127. The molecule has 3 rings (SSSR count). The number of aromatic nitrogens is 3. The van der Waals surface area contributed by atoms with Crippen LogP contribution in [0.1, 0.15) is 11.4 Å². The molecule has 1 saturated heterocycles. The van der Waals surface area contributed by atoms with Crippen LogP contribution in [0.15, 0.2) is 35.7 Å². The van der Waals surface area contributed by atoms with Crippen LogP contribution in [0.3, 0.4) is 0 Å². The van der Waals surface area contributed by atoms with Crippen molar-refractivity contribution in [1.29, 1.82) is 0 Å². The van der Waals surface area contributed by atoms with E-state index in [9.17, 15) is 0 Å². The lowest BCUT2D eigenvalue weighted by Gasteiger charge is -2.34. The van der Waals surface area contributed by atoms with Crippen molar-refractivity contribution in [3.05, 3.63) is 42.1 Å². The standard InChI is InChI=1S/C18H26N6O2.HI/c1-14-20-7-8-24(14)17-15(5-4-6-21-17)11-22-18(19-2)23-9-10-26-16(12-23)13-25-3;/h4-8,16H,9-13H2,1-3H3,(H,19,22);1H. The highest BCUT2D eigenvalue weighted by Crippen LogP contribution is 2.13. The number of aliphatic imine (C=N–C) groups is 1. The van der Waals surface area contributed by atoms with Gasteiger partial charge in [0.05, 0.1) is 19.3 Å². The van der Waals surface area contributed by atoms with Gasteiger partial charge in [-0.3, -0.25) is 9.56 Å². The lowest BCUT2D eigenvalue weighted by atomic mass is 10.2. The summed E-state index contributed by atoms with van der Waals surface area (Å²) in [6.45, 7) is 5.41. The van der Waals surface area contributed by atoms with Gasteiger partial charge >= 0.3 is 0 Å². The number of aryl methyl sites for hydroxylation is 1. The average Bonchev–Trinajstić information content (AvgIpc) is 3.09. The minimum atomic E-state index is 0. The van der Waals surface area contributed by atoms with Crippen LogP contribution in [0, 0.1) is 6.92 Å². The summed E-state index contributed by atoms with van der Waals surface area (Å²) in [6, 6.07) is 4.01. The first kappa shape index (κ1) is 21.6. The maximum Gasteiger partial charge on any atom is 0.194 e. The fourth-order valence-corrected chi connectivity index (χ4v) is 3.09. The summed E-state index contributed by atoms with van der Waals surface area (Å²) >= 11 is 0. The van der Waals surface area contributed by atoms with E-state index >= 15 is 0 Å². The van der Waals surface area contributed by atoms with Crippen LogP contribution < -0.4 is 5.32 Å². The largest absolute Gasteiger partial charge is 0.382 e. The summed E-state index contributed by atoms with van der Waals surface area (Å²) in [5.41, 5.74) is 1.08. The molecule has 0 radical (unpaired) electrons. The number of ether oxygens (including phenoxy) is 2. The lowest BCUT2D eigenvalue weighted by molar-refractivity contribution is -0.0447. The minimum Gasteiger partial charge on any atom is -0.382 e. The second-order valence-corrected chi connectivity index (χ2v) is 6.13. The van der Waals surface area contributed by atoms with E-state index < -0.39 is 0 Å². The Bertz CT molecular complexity index is 749. The maximum atomic E-state index is 5.72. The molecule has 0 bridgehead atoms. The lowest BCUT2D eigenvalue weighted by Crippen LogP contribution is -2.51. The third kappa shape index (κ3) is 5.39. The molecule has 27 heavy (non-hydrogen) atoms. The molecule has 2 aromatic heterocycles. The van der Waals surface area contributed by atoms with Gasteiger partial charge in [0, 0.05) is 57.9 Å². The van der Waals surface area contributed by atoms with Crippen LogP contribution >= 0.6 is 24.0 Å². The van der Waals surface area contributed by atoms with Crippen molar-refractivity contribution in [3.8, 4) is 5.82 Å². The number of nitrogens with one attached hydrogen (secondary N) is 1. The molecule has 3 heterocycles. The Morgan fingerprint density at radius 3 is 2.96 bits per heavy atom. The molecular formula is C18H27IN6O2. The molecule has 1 N–H and O–H groups in total. The number of methoxy groups -OCH3 is 1. The molecule has 1 aliphatic heterocycles. The third-order valence-corrected chi connectivity index (χ3v) is 4.36. The van der Waals surface area contributed by atoms with Gasteiger partial charge in [-0.25, -0.2) is 9.97 Å². The predicted octanol–water partition coefficient (Wildman–Crippen LogP) is 1.62. The maximum absolute atomic E-state index is 5.72. The highest BCUT2D eigenvalue weighted by molar-refractivity contribution is 14.0. The SMILES string of the molecule is CN=C(NCc1cccnc1-n1ccnc1C)N1CCOC(COC)C1.I. The number of halogens is 1. The van der Waals surface area contributed by atoms with Crippen molar-refractivity contribution in [2.24, 2.45) is 4.99 Å². The molecule has 148 valence electrons. The Hall–Kier alpha value is -1.72. The molecule has 0 saturated carbocycles. The summed E-state index contributed by atoms with van der Waals surface area (Å²) in [5, 5.41) is 3.45. The molecule has 8 nitrogen and oxygen atoms in total. The topological polar surface area (TPSA) is 76.8 Å². The molecule has 1 unspecified atom stereocenters. The molecule has 1 fully saturated rings. The molecule has 0 aliphatic carbocycles. The predicted molar refractivity (Wildman–Crippen MR) is 115 cm³/mol. The van der Waals surface area contributed by atoms with E-state index in [-0.39, 0.29) is 30.1 Å².